The molecule has 0 heterocycles. The number of rotatable bonds is 4. The molecule has 0 unspecified atom stereocenters. The molecule has 0 aliphatic heterocycles. The van der Waals surface area contributed by atoms with Crippen LogP contribution in [-0.4, -0.2) is 25.7 Å². The lowest BCUT2D eigenvalue weighted by molar-refractivity contribution is -0.141. The van der Waals surface area contributed by atoms with Crippen molar-refractivity contribution < 1.29 is 19.1 Å². The Morgan fingerprint density at radius 3 is 2.29 bits per heavy atom. The number of hydrogen-bond donors (Lipinski definition) is 0. The third-order valence-corrected chi connectivity index (χ3v) is 2.44. The summed E-state index contributed by atoms with van der Waals surface area (Å²) in [5.74, 6) is -0.544. The van der Waals surface area contributed by atoms with Crippen molar-refractivity contribution in [2.45, 2.75) is 19.8 Å². The molecule has 1 rings (SSSR count). The Morgan fingerprint density at radius 2 is 1.82 bits per heavy atom. The van der Waals surface area contributed by atoms with Gasteiger partial charge in [0.15, 0.2) is 0 Å². The Hall–Kier alpha value is -1.84. The lowest BCUT2D eigenvalue weighted by atomic mass is 10.0. The monoisotopic (exact) mass is 236 g/mol. The zero-order valence-electron chi connectivity index (χ0n) is 10.2. The van der Waals surface area contributed by atoms with E-state index in [0.717, 1.165) is 5.56 Å². The SMILES string of the molecule is COC(=O)c1ccc([C@H](C)COC(C)=O)cc1. The fraction of sp³-hybridized carbons (Fsp3) is 0.385. The summed E-state index contributed by atoms with van der Waals surface area (Å²) in [5, 5.41) is 0. The molecule has 1 atom stereocenters. The third kappa shape index (κ3) is 3.90. The van der Waals surface area contributed by atoms with Gasteiger partial charge in [0.25, 0.3) is 0 Å². The first kappa shape index (κ1) is 13.2. The minimum Gasteiger partial charge on any atom is -0.465 e. The molecule has 0 saturated carbocycles. The molecule has 0 N–H and O–H groups in total. The second-order valence-corrected chi connectivity index (χ2v) is 3.82. The summed E-state index contributed by atoms with van der Waals surface area (Å²) >= 11 is 0. The Bertz CT molecular complexity index is 394. The zero-order chi connectivity index (χ0) is 12.8. The van der Waals surface area contributed by atoms with Crippen LogP contribution in [0.25, 0.3) is 0 Å². The van der Waals surface area contributed by atoms with E-state index < -0.39 is 0 Å². The molecular formula is C13H16O4. The zero-order valence-corrected chi connectivity index (χ0v) is 10.2. The Morgan fingerprint density at radius 1 is 1.24 bits per heavy atom. The normalized spacial score (nSPS) is 11.7. The number of esters is 2. The molecule has 0 aromatic heterocycles. The van der Waals surface area contributed by atoms with Crippen LogP contribution in [0.4, 0.5) is 0 Å². The standard InChI is InChI=1S/C13H16O4/c1-9(8-17-10(2)14)11-4-6-12(7-5-11)13(15)16-3/h4-7,9H,8H2,1-3H3/t9-/m1/s1. The average molecular weight is 236 g/mol. The summed E-state index contributed by atoms with van der Waals surface area (Å²) in [6.07, 6.45) is 0. The van der Waals surface area contributed by atoms with Gasteiger partial charge in [0, 0.05) is 12.8 Å². The van der Waals surface area contributed by atoms with Gasteiger partial charge >= 0.3 is 11.9 Å². The lowest BCUT2D eigenvalue weighted by Gasteiger charge is -2.11. The molecule has 17 heavy (non-hydrogen) atoms. The highest BCUT2D eigenvalue weighted by atomic mass is 16.5. The van der Waals surface area contributed by atoms with Crippen LogP contribution >= 0.6 is 0 Å². The Labute approximate surface area is 101 Å². The van der Waals surface area contributed by atoms with Gasteiger partial charge in [0.2, 0.25) is 0 Å². The van der Waals surface area contributed by atoms with E-state index in [2.05, 4.69) is 4.74 Å². The van der Waals surface area contributed by atoms with Crippen LogP contribution in [-0.2, 0) is 14.3 Å². The predicted octanol–water partition coefficient (Wildman–Crippen LogP) is 2.14. The molecule has 0 bridgehead atoms. The van der Waals surface area contributed by atoms with Gasteiger partial charge in [-0.2, -0.15) is 0 Å². The summed E-state index contributed by atoms with van der Waals surface area (Å²) in [4.78, 5) is 21.9. The minimum atomic E-state index is -0.357. The topological polar surface area (TPSA) is 52.6 Å². The molecule has 1 aromatic carbocycles. The molecule has 0 aliphatic rings. The van der Waals surface area contributed by atoms with Crippen LogP contribution in [0.1, 0.15) is 35.7 Å². The van der Waals surface area contributed by atoms with Crippen LogP contribution in [0, 0.1) is 0 Å². The first-order chi connectivity index (χ1) is 8.04. The van der Waals surface area contributed by atoms with E-state index in [1.807, 2.05) is 19.1 Å². The van der Waals surface area contributed by atoms with Crippen molar-refractivity contribution in [1.82, 2.24) is 0 Å². The van der Waals surface area contributed by atoms with Crippen LogP contribution < -0.4 is 0 Å². The first-order valence-electron chi connectivity index (χ1n) is 5.36. The second-order valence-electron chi connectivity index (χ2n) is 3.82. The smallest absolute Gasteiger partial charge is 0.337 e. The Balaban J connectivity index is 2.66. The molecule has 0 saturated heterocycles. The third-order valence-electron chi connectivity index (χ3n) is 2.44. The van der Waals surface area contributed by atoms with E-state index >= 15 is 0 Å². The van der Waals surface area contributed by atoms with Crippen molar-refractivity contribution >= 4 is 11.9 Å². The molecule has 0 aliphatic carbocycles. The minimum absolute atomic E-state index is 0.102. The van der Waals surface area contributed by atoms with Gasteiger partial charge in [-0.1, -0.05) is 19.1 Å². The van der Waals surface area contributed by atoms with Gasteiger partial charge in [-0.15, -0.1) is 0 Å². The fourth-order valence-corrected chi connectivity index (χ4v) is 1.40. The van der Waals surface area contributed by atoms with E-state index in [1.54, 1.807) is 12.1 Å². The maximum absolute atomic E-state index is 11.2. The van der Waals surface area contributed by atoms with Gasteiger partial charge in [0.1, 0.15) is 0 Å². The van der Waals surface area contributed by atoms with Crippen LogP contribution in [0.3, 0.4) is 0 Å². The van der Waals surface area contributed by atoms with E-state index in [1.165, 1.54) is 14.0 Å². The summed E-state index contributed by atoms with van der Waals surface area (Å²) in [7, 11) is 1.35. The van der Waals surface area contributed by atoms with E-state index in [4.69, 9.17) is 4.74 Å². The van der Waals surface area contributed by atoms with Crippen LogP contribution in [0.5, 0.6) is 0 Å². The van der Waals surface area contributed by atoms with Crippen molar-refractivity contribution in [2.75, 3.05) is 13.7 Å². The van der Waals surface area contributed by atoms with Crippen molar-refractivity contribution in [1.29, 1.82) is 0 Å². The second kappa shape index (κ2) is 6.03. The highest BCUT2D eigenvalue weighted by Gasteiger charge is 2.09. The molecule has 0 spiro atoms. The van der Waals surface area contributed by atoms with Crippen molar-refractivity contribution in [3.63, 3.8) is 0 Å². The molecule has 0 amide bonds. The highest BCUT2D eigenvalue weighted by molar-refractivity contribution is 5.89. The fourth-order valence-electron chi connectivity index (χ4n) is 1.40. The molecule has 0 radical (unpaired) electrons. The number of ether oxygens (including phenoxy) is 2. The van der Waals surface area contributed by atoms with Gasteiger partial charge in [0.05, 0.1) is 19.3 Å². The van der Waals surface area contributed by atoms with Crippen molar-refractivity contribution in [2.24, 2.45) is 0 Å². The lowest BCUT2D eigenvalue weighted by Crippen LogP contribution is -2.08. The van der Waals surface area contributed by atoms with Crippen molar-refractivity contribution in [3.8, 4) is 0 Å². The van der Waals surface area contributed by atoms with Gasteiger partial charge in [-0.05, 0) is 17.7 Å². The average Bonchev–Trinajstić information content (AvgIpc) is 2.35. The molecule has 4 heteroatoms. The van der Waals surface area contributed by atoms with Gasteiger partial charge < -0.3 is 9.47 Å². The number of benzene rings is 1. The summed E-state index contributed by atoms with van der Waals surface area (Å²) in [5.41, 5.74) is 1.52. The quantitative estimate of drug-likeness (QED) is 0.751. The van der Waals surface area contributed by atoms with E-state index in [-0.39, 0.29) is 17.9 Å². The number of methoxy groups -OCH3 is 1. The van der Waals surface area contributed by atoms with Gasteiger partial charge in [-0.25, -0.2) is 4.79 Å². The Kier molecular flexibility index (Phi) is 4.69. The molecule has 92 valence electrons. The molecule has 0 fully saturated rings. The van der Waals surface area contributed by atoms with Crippen LogP contribution in [0.2, 0.25) is 0 Å². The molecule has 4 nitrogen and oxygen atoms in total. The number of carbonyl (C=O) groups is 2. The van der Waals surface area contributed by atoms with Crippen molar-refractivity contribution in [3.05, 3.63) is 35.4 Å². The maximum Gasteiger partial charge on any atom is 0.337 e. The highest BCUT2D eigenvalue weighted by Crippen LogP contribution is 2.16. The number of hydrogen-bond acceptors (Lipinski definition) is 4. The molecular weight excluding hydrogens is 220 g/mol. The summed E-state index contributed by atoms with van der Waals surface area (Å²) in [6.45, 7) is 3.68. The number of carbonyl (C=O) groups excluding carboxylic acids is 2. The van der Waals surface area contributed by atoms with Gasteiger partial charge in [-0.3, -0.25) is 4.79 Å². The summed E-state index contributed by atoms with van der Waals surface area (Å²) in [6, 6.07) is 7.07. The van der Waals surface area contributed by atoms with Crippen LogP contribution in [0.15, 0.2) is 24.3 Å². The summed E-state index contributed by atoms with van der Waals surface area (Å²) < 4.78 is 9.53. The largest absolute Gasteiger partial charge is 0.465 e. The van der Waals surface area contributed by atoms with E-state index in [9.17, 15) is 9.59 Å². The maximum atomic E-state index is 11.2. The predicted molar refractivity (Wildman–Crippen MR) is 62.8 cm³/mol. The molecule has 1 aromatic rings. The first-order valence-corrected chi connectivity index (χ1v) is 5.36. The van der Waals surface area contributed by atoms with E-state index in [0.29, 0.717) is 12.2 Å².